The molecule has 33 heavy (non-hydrogen) atoms. The highest BCUT2D eigenvalue weighted by atomic mass is 32.2. The van der Waals surface area contributed by atoms with Crippen LogP contribution in [0, 0.1) is 11.2 Å². The molecule has 0 amide bonds. The molecular weight excluding hydrogens is 442 g/mol. The lowest BCUT2D eigenvalue weighted by molar-refractivity contribution is 0.0321. The van der Waals surface area contributed by atoms with Gasteiger partial charge in [-0.25, -0.2) is 8.78 Å². The Labute approximate surface area is 200 Å². The number of benzene rings is 1. The summed E-state index contributed by atoms with van der Waals surface area (Å²) in [4.78, 5) is 6.57. The maximum absolute atomic E-state index is 15.4. The summed E-state index contributed by atoms with van der Waals surface area (Å²) in [6, 6.07) is 5.11. The Bertz CT molecular complexity index is 915. The number of fused-ring (bicyclic) bond motifs is 1. The topological polar surface area (TPSA) is 45.6 Å². The molecule has 0 radical (unpaired) electrons. The highest BCUT2D eigenvalue weighted by molar-refractivity contribution is 7.99. The molecule has 1 unspecified atom stereocenters. The van der Waals surface area contributed by atoms with Crippen LogP contribution in [0.15, 0.2) is 24.4 Å². The number of halogens is 2. The molecule has 1 saturated heterocycles. The third kappa shape index (κ3) is 5.98. The van der Waals surface area contributed by atoms with Gasteiger partial charge in [-0.1, -0.05) is 12.8 Å². The largest absolute Gasteiger partial charge is 0.497 e. The Morgan fingerprint density at radius 3 is 2.73 bits per heavy atom. The number of alkyl halides is 1. The van der Waals surface area contributed by atoms with E-state index in [0.29, 0.717) is 23.1 Å². The monoisotopic (exact) mass is 478 g/mol. The molecule has 0 spiro atoms. The fourth-order valence-corrected chi connectivity index (χ4v) is 6.70. The van der Waals surface area contributed by atoms with E-state index in [-0.39, 0.29) is 24.0 Å². The number of hydrogen-bond acceptors (Lipinski definition) is 5. The summed E-state index contributed by atoms with van der Waals surface area (Å²) in [5.41, 5.74) is 0.319. The Morgan fingerprint density at radius 1 is 1.27 bits per heavy atom. The number of aliphatic hydroxyl groups excluding tert-OH is 1. The lowest BCUT2D eigenvalue weighted by Gasteiger charge is -2.41. The zero-order valence-electron chi connectivity index (χ0n) is 19.6. The molecule has 2 aliphatic rings. The first-order valence-electron chi connectivity index (χ1n) is 12.2. The number of hydrogen-bond donors (Lipinski definition) is 1. The molecule has 4 nitrogen and oxygen atoms in total. The highest BCUT2D eigenvalue weighted by Crippen LogP contribution is 2.41. The van der Waals surface area contributed by atoms with Gasteiger partial charge in [0.25, 0.3) is 0 Å². The zero-order chi connectivity index (χ0) is 23.3. The second-order valence-corrected chi connectivity index (χ2v) is 11.1. The van der Waals surface area contributed by atoms with Crippen LogP contribution in [0.3, 0.4) is 0 Å². The standard InChI is InChI=1S/C26H36F2N2O2S/c1-32-19-6-7-24-21(16-19)25(23(28)17-29-24)22(27)8-9-26(18-31)10-12-30(13-11-26)14-15-33-20-4-2-3-5-20/h6-7,16-17,20,22,31H,2-5,8-15,18H2,1H3. The van der Waals surface area contributed by atoms with E-state index in [1.165, 1.54) is 38.5 Å². The van der Waals surface area contributed by atoms with Gasteiger partial charge in [0.05, 0.1) is 18.8 Å². The smallest absolute Gasteiger partial charge is 0.148 e. The maximum atomic E-state index is 15.4. The van der Waals surface area contributed by atoms with E-state index in [1.807, 2.05) is 0 Å². The third-order valence-corrected chi connectivity index (χ3v) is 8.99. The molecule has 182 valence electrons. The lowest BCUT2D eigenvalue weighted by atomic mass is 9.74. The summed E-state index contributed by atoms with van der Waals surface area (Å²) < 4.78 is 35.3. The van der Waals surface area contributed by atoms with E-state index in [1.54, 1.807) is 18.2 Å². The van der Waals surface area contributed by atoms with E-state index in [4.69, 9.17) is 4.74 Å². The lowest BCUT2D eigenvalue weighted by Crippen LogP contribution is -2.43. The van der Waals surface area contributed by atoms with Crippen molar-refractivity contribution < 1.29 is 18.6 Å². The quantitative estimate of drug-likeness (QED) is 0.459. The van der Waals surface area contributed by atoms with Gasteiger partial charge < -0.3 is 14.7 Å². The number of aromatic nitrogens is 1. The molecule has 1 aliphatic carbocycles. The summed E-state index contributed by atoms with van der Waals surface area (Å²) in [6.07, 6.45) is 7.58. The van der Waals surface area contributed by atoms with Crippen LogP contribution in [0.1, 0.15) is 63.1 Å². The van der Waals surface area contributed by atoms with Crippen LogP contribution < -0.4 is 4.74 Å². The van der Waals surface area contributed by atoms with Crippen molar-refractivity contribution in [3.63, 3.8) is 0 Å². The first-order valence-corrected chi connectivity index (χ1v) is 13.3. The van der Waals surface area contributed by atoms with Crippen molar-refractivity contribution in [1.82, 2.24) is 9.88 Å². The number of rotatable bonds is 10. The normalized spacial score (nSPS) is 20.4. The van der Waals surface area contributed by atoms with Crippen molar-refractivity contribution >= 4 is 22.7 Å². The fourth-order valence-electron chi connectivity index (χ4n) is 5.33. The van der Waals surface area contributed by atoms with Gasteiger partial charge in [0.2, 0.25) is 0 Å². The van der Waals surface area contributed by atoms with Crippen LogP contribution in [-0.4, -0.2) is 59.3 Å². The molecule has 0 bridgehead atoms. The number of pyridine rings is 1. The summed E-state index contributed by atoms with van der Waals surface area (Å²) in [6.45, 7) is 3.02. The molecular formula is C26H36F2N2O2S. The van der Waals surface area contributed by atoms with Gasteiger partial charge in [0, 0.05) is 35.1 Å². The number of piperidine rings is 1. The van der Waals surface area contributed by atoms with E-state index < -0.39 is 12.0 Å². The minimum absolute atomic E-state index is 0.0494. The van der Waals surface area contributed by atoms with Crippen molar-refractivity contribution in [3.05, 3.63) is 35.8 Å². The Hall–Kier alpha value is -1.44. The highest BCUT2D eigenvalue weighted by Gasteiger charge is 2.35. The number of likely N-dealkylation sites (tertiary alicyclic amines) is 1. The molecule has 2 aromatic rings. The number of aliphatic hydroxyl groups is 1. The van der Waals surface area contributed by atoms with Crippen molar-refractivity contribution in [2.75, 3.05) is 39.1 Å². The van der Waals surface area contributed by atoms with Gasteiger partial charge in [-0.15, -0.1) is 0 Å². The summed E-state index contributed by atoms with van der Waals surface area (Å²) in [7, 11) is 1.53. The van der Waals surface area contributed by atoms with Crippen LogP contribution in [-0.2, 0) is 0 Å². The molecule has 1 aliphatic heterocycles. The zero-order valence-corrected chi connectivity index (χ0v) is 20.4. The van der Waals surface area contributed by atoms with Crippen LogP contribution in [0.2, 0.25) is 0 Å². The predicted octanol–water partition coefficient (Wildman–Crippen LogP) is 5.92. The first-order chi connectivity index (χ1) is 16.0. The molecule has 1 N–H and O–H groups in total. The minimum Gasteiger partial charge on any atom is -0.497 e. The van der Waals surface area contributed by atoms with Gasteiger partial charge in [-0.2, -0.15) is 11.8 Å². The molecule has 4 rings (SSSR count). The molecule has 2 fully saturated rings. The Morgan fingerprint density at radius 2 is 2.03 bits per heavy atom. The summed E-state index contributed by atoms with van der Waals surface area (Å²) in [5.74, 6) is 1.09. The predicted molar refractivity (Wildman–Crippen MR) is 131 cm³/mol. The third-order valence-electron chi connectivity index (χ3n) is 7.62. The number of nitrogens with zero attached hydrogens (tertiary/aromatic N) is 2. The van der Waals surface area contributed by atoms with Gasteiger partial charge in [-0.05, 0) is 75.2 Å². The van der Waals surface area contributed by atoms with Gasteiger partial charge in [0.1, 0.15) is 17.7 Å². The van der Waals surface area contributed by atoms with Crippen molar-refractivity contribution in [2.45, 2.75) is 62.8 Å². The van der Waals surface area contributed by atoms with Gasteiger partial charge >= 0.3 is 0 Å². The van der Waals surface area contributed by atoms with E-state index >= 15 is 4.39 Å². The number of methoxy groups -OCH3 is 1. The molecule has 2 heterocycles. The van der Waals surface area contributed by atoms with Crippen LogP contribution in [0.4, 0.5) is 8.78 Å². The molecule has 1 aromatic carbocycles. The van der Waals surface area contributed by atoms with Crippen LogP contribution in [0.25, 0.3) is 10.9 Å². The molecule has 7 heteroatoms. The van der Waals surface area contributed by atoms with E-state index in [2.05, 4.69) is 21.6 Å². The summed E-state index contributed by atoms with van der Waals surface area (Å²) >= 11 is 2.11. The van der Waals surface area contributed by atoms with Crippen molar-refractivity contribution in [1.29, 1.82) is 0 Å². The van der Waals surface area contributed by atoms with E-state index in [0.717, 1.165) is 43.9 Å². The minimum atomic E-state index is -1.45. The molecule has 1 atom stereocenters. The van der Waals surface area contributed by atoms with E-state index in [9.17, 15) is 9.50 Å². The average molecular weight is 479 g/mol. The summed E-state index contributed by atoms with van der Waals surface area (Å²) in [5, 5.41) is 11.5. The van der Waals surface area contributed by atoms with Gasteiger partial charge in [0.15, 0.2) is 0 Å². The maximum Gasteiger partial charge on any atom is 0.148 e. The first kappa shape index (κ1) is 24.7. The average Bonchev–Trinajstić information content (AvgIpc) is 3.36. The molecule has 1 saturated carbocycles. The Balaban J connectivity index is 1.33. The second-order valence-electron chi connectivity index (χ2n) is 9.69. The SMILES string of the molecule is COc1ccc2ncc(F)c(C(F)CCC3(CO)CCN(CCSC4CCCC4)CC3)c2c1. The number of ether oxygens (including phenoxy) is 1. The van der Waals surface area contributed by atoms with Crippen LogP contribution in [0.5, 0.6) is 5.75 Å². The second kappa shape index (κ2) is 11.3. The molecule has 1 aromatic heterocycles. The Kier molecular flexibility index (Phi) is 8.47. The van der Waals surface area contributed by atoms with Crippen LogP contribution >= 0.6 is 11.8 Å². The number of thioether (sulfide) groups is 1. The fraction of sp³-hybridized carbons (Fsp3) is 0.654. The van der Waals surface area contributed by atoms with Crippen molar-refractivity contribution in [2.24, 2.45) is 5.41 Å². The van der Waals surface area contributed by atoms with Gasteiger partial charge in [-0.3, -0.25) is 4.98 Å². The van der Waals surface area contributed by atoms with Crippen molar-refractivity contribution in [3.8, 4) is 5.75 Å².